The number of benzene rings is 1. The highest BCUT2D eigenvalue weighted by atomic mass is 35.5. The molecule has 1 aromatic carbocycles. The second kappa shape index (κ2) is 8.29. The van der Waals surface area contributed by atoms with Gasteiger partial charge in [-0.1, -0.05) is 16.8 Å². The Labute approximate surface area is 155 Å². The first-order valence-corrected chi connectivity index (χ1v) is 8.65. The van der Waals surface area contributed by atoms with Gasteiger partial charge in [-0.2, -0.15) is 4.98 Å². The van der Waals surface area contributed by atoms with Crippen LogP contribution in [0, 0.1) is 0 Å². The molecule has 0 bridgehead atoms. The number of nitrogens with two attached hydrogens (primary N) is 1. The van der Waals surface area contributed by atoms with E-state index < -0.39 is 5.91 Å². The fourth-order valence-corrected chi connectivity index (χ4v) is 2.86. The minimum atomic E-state index is -0.511. The van der Waals surface area contributed by atoms with Crippen molar-refractivity contribution < 1.29 is 18.8 Å². The van der Waals surface area contributed by atoms with Crippen LogP contribution < -0.4 is 5.73 Å². The number of carbonyl (C=O) groups excluding carboxylic acids is 2. The number of ether oxygens (including phenoxy) is 1. The topological polar surface area (TPSA) is 112 Å². The third-order valence-electron chi connectivity index (χ3n) is 4.08. The van der Waals surface area contributed by atoms with Gasteiger partial charge < -0.3 is 19.9 Å². The standard InChI is InChI=1S/C17H19ClN4O4/c18-12-3-1-11(2-4-12)17-20-15(26-21-17)5-6-16(24)22-8-7-13(9-22)25-10-14(19)23/h1-4,13H,5-10H2,(H2,19,23). The minimum Gasteiger partial charge on any atom is -0.368 e. The Bertz CT molecular complexity index is 777. The van der Waals surface area contributed by atoms with Crippen molar-refractivity contribution in [3.8, 4) is 11.4 Å². The number of hydrogen-bond donors (Lipinski definition) is 1. The lowest BCUT2D eigenvalue weighted by Crippen LogP contribution is -2.31. The molecule has 0 aliphatic carbocycles. The molecule has 0 saturated carbocycles. The number of carbonyl (C=O) groups is 2. The van der Waals surface area contributed by atoms with Crippen molar-refractivity contribution in [1.82, 2.24) is 15.0 Å². The van der Waals surface area contributed by atoms with Gasteiger partial charge in [0.15, 0.2) is 0 Å². The predicted molar refractivity (Wildman–Crippen MR) is 93.2 cm³/mol. The van der Waals surface area contributed by atoms with Crippen LogP contribution in [0.4, 0.5) is 0 Å². The minimum absolute atomic E-state index is 0.0126. The monoisotopic (exact) mass is 378 g/mol. The Kier molecular flexibility index (Phi) is 5.85. The summed E-state index contributed by atoms with van der Waals surface area (Å²) in [6.45, 7) is 0.941. The summed E-state index contributed by atoms with van der Waals surface area (Å²) < 4.78 is 10.6. The first-order chi connectivity index (χ1) is 12.5. The molecule has 1 aliphatic rings. The SMILES string of the molecule is NC(=O)COC1CCN(C(=O)CCc2nc(-c3ccc(Cl)cc3)no2)C1. The van der Waals surface area contributed by atoms with E-state index in [4.69, 9.17) is 26.6 Å². The zero-order chi connectivity index (χ0) is 18.5. The van der Waals surface area contributed by atoms with Crippen molar-refractivity contribution in [1.29, 1.82) is 0 Å². The molecule has 1 unspecified atom stereocenters. The molecule has 1 fully saturated rings. The van der Waals surface area contributed by atoms with Gasteiger partial charge in [-0.25, -0.2) is 0 Å². The molecule has 1 atom stereocenters. The number of aryl methyl sites for hydroxylation is 1. The number of hydrogen-bond acceptors (Lipinski definition) is 6. The van der Waals surface area contributed by atoms with Crippen molar-refractivity contribution >= 4 is 23.4 Å². The summed E-state index contributed by atoms with van der Waals surface area (Å²) in [5.41, 5.74) is 5.85. The highest BCUT2D eigenvalue weighted by Gasteiger charge is 2.27. The van der Waals surface area contributed by atoms with Crippen LogP contribution in [-0.2, 0) is 20.7 Å². The maximum absolute atomic E-state index is 12.3. The van der Waals surface area contributed by atoms with E-state index in [1.807, 2.05) is 0 Å². The smallest absolute Gasteiger partial charge is 0.243 e. The second-order valence-electron chi connectivity index (χ2n) is 6.05. The van der Waals surface area contributed by atoms with Crippen LogP contribution in [0.25, 0.3) is 11.4 Å². The molecule has 138 valence electrons. The number of aromatic nitrogens is 2. The summed E-state index contributed by atoms with van der Waals surface area (Å²) in [5, 5.41) is 4.56. The van der Waals surface area contributed by atoms with Crippen molar-refractivity contribution in [2.24, 2.45) is 5.73 Å². The van der Waals surface area contributed by atoms with Crippen molar-refractivity contribution in [3.63, 3.8) is 0 Å². The van der Waals surface area contributed by atoms with Gasteiger partial charge in [0.05, 0.1) is 6.10 Å². The van der Waals surface area contributed by atoms with Crippen LogP contribution in [-0.4, -0.2) is 52.7 Å². The zero-order valence-electron chi connectivity index (χ0n) is 14.1. The van der Waals surface area contributed by atoms with Gasteiger partial charge in [-0.15, -0.1) is 0 Å². The van der Waals surface area contributed by atoms with Gasteiger partial charge in [0.2, 0.25) is 23.5 Å². The van der Waals surface area contributed by atoms with Gasteiger partial charge in [0.1, 0.15) is 6.61 Å². The molecule has 1 aromatic heterocycles. The van der Waals surface area contributed by atoms with E-state index in [1.54, 1.807) is 29.2 Å². The number of nitrogens with zero attached hydrogens (tertiary/aromatic N) is 3. The summed E-state index contributed by atoms with van der Waals surface area (Å²) in [4.78, 5) is 29.0. The third-order valence-corrected chi connectivity index (χ3v) is 4.33. The van der Waals surface area contributed by atoms with Gasteiger partial charge in [-0.05, 0) is 30.7 Å². The van der Waals surface area contributed by atoms with Crippen LogP contribution in [0.5, 0.6) is 0 Å². The lowest BCUT2D eigenvalue weighted by molar-refractivity contribution is -0.130. The van der Waals surface area contributed by atoms with E-state index >= 15 is 0 Å². The summed E-state index contributed by atoms with van der Waals surface area (Å²) in [5.74, 6) is 0.346. The number of primary amides is 1. The fraction of sp³-hybridized carbons (Fsp3) is 0.412. The average molecular weight is 379 g/mol. The van der Waals surface area contributed by atoms with E-state index in [9.17, 15) is 9.59 Å². The Balaban J connectivity index is 1.48. The Morgan fingerprint density at radius 3 is 2.85 bits per heavy atom. The molecule has 3 rings (SSSR count). The molecular weight excluding hydrogens is 360 g/mol. The quantitative estimate of drug-likeness (QED) is 0.779. The highest BCUT2D eigenvalue weighted by Crippen LogP contribution is 2.19. The fourth-order valence-electron chi connectivity index (χ4n) is 2.74. The largest absolute Gasteiger partial charge is 0.368 e. The summed E-state index contributed by atoms with van der Waals surface area (Å²) in [7, 11) is 0. The summed E-state index contributed by atoms with van der Waals surface area (Å²) in [6.07, 6.45) is 1.18. The highest BCUT2D eigenvalue weighted by molar-refractivity contribution is 6.30. The number of likely N-dealkylation sites (tertiary alicyclic amines) is 1. The molecule has 2 aromatic rings. The Hall–Kier alpha value is -2.45. The van der Waals surface area contributed by atoms with E-state index in [1.165, 1.54) is 0 Å². The van der Waals surface area contributed by atoms with E-state index in [-0.39, 0.29) is 25.0 Å². The predicted octanol–water partition coefficient (Wildman–Crippen LogP) is 1.43. The third kappa shape index (κ3) is 4.80. The molecular formula is C17H19ClN4O4. The summed E-state index contributed by atoms with van der Waals surface area (Å²) in [6, 6.07) is 7.11. The number of rotatable bonds is 7. The summed E-state index contributed by atoms with van der Waals surface area (Å²) >= 11 is 5.86. The van der Waals surface area contributed by atoms with Gasteiger partial charge in [0, 0.05) is 36.5 Å². The van der Waals surface area contributed by atoms with Crippen molar-refractivity contribution in [2.45, 2.75) is 25.4 Å². The first-order valence-electron chi connectivity index (χ1n) is 8.27. The zero-order valence-corrected chi connectivity index (χ0v) is 14.8. The molecule has 1 saturated heterocycles. The molecule has 2 N–H and O–H groups in total. The second-order valence-corrected chi connectivity index (χ2v) is 6.48. The maximum atomic E-state index is 12.3. The Morgan fingerprint density at radius 2 is 2.12 bits per heavy atom. The van der Waals surface area contributed by atoms with Crippen LogP contribution >= 0.6 is 11.6 Å². The van der Waals surface area contributed by atoms with Crippen LogP contribution in [0.1, 0.15) is 18.7 Å². The molecule has 1 aliphatic heterocycles. The van der Waals surface area contributed by atoms with E-state index in [0.717, 1.165) is 5.56 Å². The molecule has 2 heterocycles. The first kappa shape index (κ1) is 18.3. The normalized spacial score (nSPS) is 16.8. The van der Waals surface area contributed by atoms with Gasteiger partial charge >= 0.3 is 0 Å². The van der Waals surface area contributed by atoms with Gasteiger partial charge in [-0.3, -0.25) is 9.59 Å². The van der Waals surface area contributed by atoms with Crippen LogP contribution in [0.15, 0.2) is 28.8 Å². The molecule has 9 heteroatoms. The van der Waals surface area contributed by atoms with E-state index in [0.29, 0.717) is 42.7 Å². The molecule has 2 amide bonds. The lowest BCUT2D eigenvalue weighted by Gasteiger charge is -2.16. The number of amides is 2. The van der Waals surface area contributed by atoms with Crippen LogP contribution in [0.3, 0.4) is 0 Å². The maximum Gasteiger partial charge on any atom is 0.243 e. The molecule has 26 heavy (non-hydrogen) atoms. The van der Waals surface area contributed by atoms with Crippen molar-refractivity contribution in [3.05, 3.63) is 35.2 Å². The Morgan fingerprint density at radius 1 is 1.35 bits per heavy atom. The number of halogens is 1. The lowest BCUT2D eigenvalue weighted by atomic mass is 10.2. The average Bonchev–Trinajstić information content (AvgIpc) is 3.28. The van der Waals surface area contributed by atoms with Gasteiger partial charge in [0.25, 0.3) is 0 Å². The van der Waals surface area contributed by atoms with E-state index in [2.05, 4.69) is 10.1 Å². The van der Waals surface area contributed by atoms with Crippen molar-refractivity contribution in [2.75, 3.05) is 19.7 Å². The molecule has 0 spiro atoms. The van der Waals surface area contributed by atoms with Crippen LogP contribution in [0.2, 0.25) is 5.02 Å². The molecule has 8 nitrogen and oxygen atoms in total. The molecule has 0 radical (unpaired) electrons.